The molecule has 1 aliphatic carbocycles. The van der Waals surface area contributed by atoms with Crippen LogP contribution in [0.3, 0.4) is 0 Å². The highest BCUT2D eigenvalue weighted by atomic mass is 15.2. The standard InChI is InChI=1S/C12H14N4/c1-16-6-10-8(4-12(16)2-3-12)9-5-13-7-14-11(9)15-10/h5,7H,2-4,6H2,1H3,(H,13,14,15). The van der Waals surface area contributed by atoms with Gasteiger partial charge in [-0.25, -0.2) is 9.97 Å². The van der Waals surface area contributed by atoms with E-state index < -0.39 is 0 Å². The summed E-state index contributed by atoms with van der Waals surface area (Å²) in [6.07, 6.45) is 7.39. The van der Waals surface area contributed by atoms with Gasteiger partial charge in [-0.2, -0.15) is 0 Å². The molecule has 16 heavy (non-hydrogen) atoms. The minimum atomic E-state index is 0.456. The number of nitrogens with zero attached hydrogens (tertiary/aromatic N) is 3. The molecule has 1 spiro atoms. The van der Waals surface area contributed by atoms with Crippen LogP contribution in [0.5, 0.6) is 0 Å². The summed E-state index contributed by atoms with van der Waals surface area (Å²) in [4.78, 5) is 14.3. The Balaban J connectivity index is 1.94. The quantitative estimate of drug-likeness (QED) is 0.722. The smallest absolute Gasteiger partial charge is 0.141 e. The first-order valence-corrected chi connectivity index (χ1v) is 5.79. The molecule has 2 aromatic heterocycles. The Morgan fingerprint density at radius 1 is 1.44 bits per heavy atom. The van der Waals surface area contributed by atoms with E-state index in [1.165, 1.54) is 29.5 Å². The molecule has 4 nitrogen and oxygen atoms in total. The average Bonchev–Trinajstić information content (AvgIpc) is 2.97. The molecule has 1 N–H and O–H groups in total. The molecule has 0 amide bonds. The average molecular weight is 214 g/mol. The van der Waals surface area contributed by atoms with E-state index in [9.17, 15) is 0 Å². The molecule has 4 heteroatoms. The summed E-state index contributed by atoms with van der Waals surface area (Å²) in [6, 6.07) is 0. The lowest BCUT2D eigenvalue weighted by Crippen LogP contribution is -2.39. The van der Waals surface area contributed by atoms with Gasteiger partial charge in [-0.3, -0.25) is 4.90 Å². The van der Waals surface area contributed by atoms with Crippen LogP contribution < -0.4 is 0 Å². The molecule has 82 valence electrons. The minimum Gasteiger partial charge on any atom is -0.342 e. The van der Waals surface area contributed by atoms with Crippen molar-refractivity contribution in [3.63, 3.8) is 0 Å². The topological polar surface area (TPSA) is 44.8 Å². The van der Waals surface area contributed by atoms with Gasteiger partial charge in [-0.05, 0) is 31.9 Å². The number of rotatable bonds is 0. The number of aromatic amines is 1. The zero-order chi connectivity index (χ0) is 10.8. The summed E-state index contributed by atoms with van der Waals surface area (Å²) < 4.78 is 0. The first kappa shape index (κ1) is 8.70. The zero-order valence-electron chi connectivity index (χ0n) is 9.32. The van der Waals surface area contributed by atoms with Crippen LogP contribution in [0.1, 0.15) is 24.1 Å². The number of aromatic nitrogens is 3. The van der Waals surface area contributed by atoms with Gasteiger partial charge in [0.25, 0.3) is 0 Å². The van der Waals surface area contributed by atoms with Crippen LogP contribution in [-0.2, 0) is 13.0 Å². The van der Waals surface area contributed by atoms with E-state index in [4.69, 9.17) is 0 Å². The van der Waals surface area contributed by atoms with E-state index in [1.807, 2.05) is 6.20 Å². The van der Waals surface area contributed by atoms with Crippen molar-refractivity contribution in [3.05, 3.63) is 23.8 Å². The van der Waals surface area contributed by atoms with E-state index in [0.29, 0.717) is 5.54 Å². The van der Waals surface area contributed by atoms with Gasteiger partial charge in [-0.15, -0.1) is 0 Å². The predicted octanol–water partition coefficient (Wildman–Crippen LogP) is 1.48. The number of hydrogen-bond acceptors (Lipinski definition) is 3. The van der Waals surface area contributed by atoms with Crippen LogP contribution in [0, 0.1) is 0 Å². The second kappa shape index (κ2) is 2.63. The second-order valence-corrected chi connectivity index (χ2v) is 5.12. The van der Waals surface area contributed by atoms with Crippen LogP contribution in [-0.4, -0.2) is 32.4 Å². The van der Waals surface area contributed by atoms with Gasteiger partial charge in [0, 0.05) is 29.4 Å². The van der Waals surface area contributed by atoms with Crippen LogP contribution >= 0.6 is 0 Å². The fourth-order valence-corrected chi connectivity index (χ4v) is 2.94. The van der Waals surface area contributed by atoms with Crippen LogP contribution in [0.4, 0.5) is 0 Å². The van der Waals surface area contributed by atoms with Crippen molar-refractivity contribution in [2.24, 2.45) is 0 Å². The number of likely N-dealkylation sites (N-methyl/N-ethyl adjacent to an activating group) is 1. The predicted molar refractivity (Wildman–Crippen MR) is 61.0 cm³/mol. The molecule has 1 saturated carbocycles. The number of H-pyrrole nitrogens is 1. The van der Waals surface area contributed by atoms with Crippen LogP contribution in [0.15, 0.2) is 12.5 Å². The SMILES string of the molecule is CN1Cc2[nH]c3ncncc3c2CC12CC2. The van der Waals surface area contributed by atoms with Crippen molar-refractivity contribution in [2.75, 3.05) is 7.05 Å². The zero-order valence-corrected chi connectivity index (χ0v) is 9.32. The maximum Gasteiger partial charge on any atom is 0.141 e. The third-order valence-electron chi connectivity index (χ3n) is 4.21. The molecule has 2 aliphatic rings. The van der Waals surface area contributed by atoms with E-state index in [1.54, 1.807) is 6.33 Å². The fraction of sp³-hybridized carbons (Fsp3) is 0.500. The summed E-state index contributed by atoms with van der Waals surface area (Å²) in [5.74, 6) is 0. The highest BCUT2D eigenvalue weighted by molar-refractivity contribution is 5.80. The Bertz CT molecular complexity index is 567. The normalized spacial score (nSPS) is 22.6. The lowest BCUT2D eigenvalue weighted by molar-refractivity contribution is 0.193. The number of fused-ring (bicyclic) bond motifs is 3. The monoisotopic (exact) mass is 214 g/mol. The summed E-state index contributed by atoms with van der Waals surface area (Å²) in [5.41, 5.74) is 4.23. The highest BCUT2D eigenvalue weighted by Crippen LogP contribution is 2.48. The summed E-state index contributed by atoms with van der Waals surface area (Å²) in [7, 11) is 2.23. The van der Waals surface area contributed by atoms with Crippen molar-refractivity contribution >= 4 is 11.0 Å². The molecule has 1 aliphatic heterocycles. The highest BCUT2D eigenvalue weighted by Gasteiger charge is 2.49. The van der Waals surface area contributed by atoms with Gasteiger partial charge >= 0.3 is 0 Å². The Hall–Kier alpha value is -1.42. The lowest BCUT2D eigenvalue weighted by Gasteiger charge is -2.32. The van der Waals surface area contributed by atoms with Gasteiger partial charge in [0.2, 0.25) is 0 Å². The molecule has 2 aromatic rings. The summed E-state index contributed by atoms with van der Waals surface area (Å²) in [5, 5.41) is 1.22. The van der Waals surface area contributed by atoms with Crippen molar-refractivity contribution < 1.29 is 0 Å². The molecule has 3 heterocycles. The fourth-order valence-electron chi connectivity index (χ4n) is 2.94. The van der Waals surface area contributed by atoms with E-state index >= 15 is 0 Å². The van der Waals surface area contributed by atoms with E-state index in [2.05, 4.69) is 26.9 Å². The number of hydrogen-bond donors (Lipinski definition) is 1. The molecule has 0 unspecified atom stereocenters. The largest absolute Gasteiger partial charge is 0.342 e. The van der Waals surface area contributed by atoms with Crippen molar-refractivity contribution in [1.82, 2.24) is 19.9 Å². The van der Waals surface area contributed by atoms with E-state index in [-0.39, 0.29) is 0 Å². The van der Waals surface area contributed by atoms with Gasteiger partial charge in [0.15, 0.2) is 0 Å². The molecule has 0 radical (unpaired) electrons. The molecule has 1 fully saturated rings. The molecular formula is C12H14N4. The van der Waals surface area contributed by atoms with Gasteiger partial charge in [-0.1, -0.05) is 0 Å². The third kappa shape index (κ3) is 0.976. The molecule has 4 rings (SSSR count). The van der Waals surface area contributed by atoms with Crippen molar-refractivity contribution in [2.45, 2.75) is 31.3 Å². The van der Waals surface area contributed by atoms with E-state index in [0.717, 1.165) is 18.6 Å². The van der Waals surface area contributed by atoms with Crippen LogP contribution in [0.2, 0.25) is 0 Å². The molecule has 0 aromatic carbocycles. The summed E-state index contributed by atoms with van der Waals surface area (Å²) >= 11 is 0. The second-order valence-electron chi connectivity index (χ2n) is 5.12. The van der Waals surface area contributed by atoms with Crippen molar-refractivity contribution in [3.8, 4) is 0 Å². The summed E-state index contributed by atoms with van der Waals surface area (Å²) in [6.45, 7) is 1.02. The van der Waals surface area contributed by atoms with Crippen LogP contribution in [0.25, 0.3) is 11.0 Å². The minimum absolute atomic E-state index is 0.456. The Kier molecular flexibility index (Phi) is 1.43. The molecule has 0 atom stereocenters. The van der Waals surface area contributed by atoms with Gasteiger partial charge in [0.05, 0.1) is 0 Å². The number of nitrogens with one attached hydrogen (secondary N) is 1. The molecule has 0 bridgehead atoms. The lowest BCUT2D eigenvalue weighted by atomic mass is 9.96. The Morgan fingerprint density at radius 2 is 2.31 bits per heavy atom. The van der Waals surface area contributed by atoms with Crippen molar-refractivity contribution in [1.29, 1.82) is 0 Å². The first-order chi connectivity index (χ1) is 7.78. The Labute approximate surface area is 93.7 Å². The first-order valence-electron chi connectivity index (χ1n) is 5.79. The maximum absolute atomic E-state index is 4.29. The Morgan fingerprint density at radius 3 is 3.12 bits per heavy atom. The van der Waals surface area contributed by atoms with Gasteiger partial charge < -0.3 is 4.98 Å². The maximum atomic E-state index is 4.29. The molecular weight excluding hydrogens is 200 g/mol. The van der Waals surface area contributed by atoms with Gasteiger partial charge in [0.1, 0.15) is 12.0 Å². The molecule has 0 saturated heterocycles. The third-order valence-corrected chi connectivity index (χ3v) is 4.21.